The zero-order valence-corrected chi connectivity index (χ0v) is 15.0. The maximum absolute atomic E-state index is 11.5. The molecular weight excluding hydrogens is 352 g/mol. The minimum Gasteiger partial charge on any atom is -0.476 e. The highest BCUT2D eigenvalue weighted by molar-refractivity contribution is 7.14. The predicted molar refractivity (Wildman–Crippen MR) is 90.8 cm³/mol. The Labute approximate surface area is 148 Å². The Kier molecular flexibility index (Phi) is 7.30. The number of alkyl carbamates (subject to hydrolysis) is 1. The van der Waals surface area contributed by atoms with Crippen LogP contribution in [-0.2, 0) is 19.2 Å². The van der Waals surface area contributed by atoms with Gasteiger partial charge >= 0.3 is 12.1 Å². The van der Waals surface area contributed by atoms with Crippen LogP contribution in [0.3, 0.4) is 0 Å². The van der Waals surface area contributed by atoms with Crippen molar-refractivity contribution in [2.24, 2.45) is 5.16 Å². The molecule has 0 aliphatic carbocycles. The summed E-state index contributed by atoms with van der Waals surface area (Å²) in [6, 6.07) is 0. The lowest BCUT2D eigenvalue weighted by Crippen LogP contribution is -2.36. The summed E-state index contributed by atoms with van der Waals surface area (Å²) in [5.41, 5.74) is -0.991. The minimum atomic E-state index is -1.34. The average Bonchev–Trinajstić information content (AvgIpc) is 2.92. The molecule has 0 aliphatic rings. The van der Waals surface area contributed by atoms with Gasteiger partial charge in [0.15, 0.2) is 5.13 Å². The minimum absolute atomic E-state index is 0.0501. The van der Waals surface area contributed by atoms with Gasteiger partial charge in [-0.05, 0) is 27.7 Å². The fraction of sp³-hybridized carbons (Fsp3) is 0.500. The maximum Gasteiger partial charge on any atom is 0.407 e. The number of amides is 2. The first-order valence-corrected chi connectivity index (χ1v) is 8.10. The van der Waals surface area contributed by atoms with Crippen molar-refractivity contribution in [1.29, 1.82) is 0 Å². The Balaban J connectivity index is 2.63. The van der Waals surface area contributed by atoms with Gasteiger partial charge < -0.3 is 25.3 Å². The molecule has 1 heterocycles. The number of aliphatic carboxylic acids is 1. The number of rotatable bonds is 8. The van der Waals surface area contributed by atoms with E-state index >= 15 is 0 Å². The van der Waals surface area contributed by atoms with Crippen LogP contribution in [0.2, 0.25) is 0 Å². The van der Waals surface area contributed by atoms with E-state index < -0.39 is 29.5 Å². The van der Waals surface area contributed by atoms with Crippen LogP contribution < -0.4 is 10.6 Å². The first-order valence-electron chi connectivity index (χ1n) is 7.22. The molecule has 0 saturated heterocycles. The Morgan fingerprint density at radius 1 is 1.48 bits per heavy atom. The second-order valence-electron chi connectivity index (χ2n) is 5.84. The van der Waals surface area contributed by atoms with Gasteiger partial charge in [0, 0.05) is 5.38 Å². The SMILES string of the molecule is CC(CNC(=O)OC(C)(C)C)ON=C(C(=O)O)c1csc(NC=O)n1. The number of anilines is 1. The summed E-state index contributed by atoms with van der Waals surface area (Å²) >= 11 is 1.05. The Morgan fingerprint density at radius 2 is 2.16 bits per heavy atom. The van der Waals surface area contributed by atoms with Crippen molar-refractivity contribution in [3.8, 4) is 0 Å². The molecule has 10 nitrogen and oxygen atoms in total. The lowest BCUT2D eigenvalue weighted by molar-refractivity contribution is -0.129. The molecule has 1 aromatic rings. The number of carbonyl (C=O) groups excluding carboxylic acids is 2. The van der Waals surface area contributed by atoms with Gasteiger partial charge in [-0.3, -0.25) is 4.79 Å². The molecule has 25 heavy (non-hydrogen) atoms. The Morgan fingerprint density at radius 3 is 2.72 bits per heavy atom. The lowest BCUT2D eigenvalue weighted by Gasteiger charge is -2.20. The van der Waals surface area contributed by atoms with Crippen molar-refractivity contribution in [1.82, 2.24) is 10.3 Å². The van der Waals surface area contributed by atoms with Gasteiger partial charge in [0.1, 0.15) is 17.4 Å². The van der Waals surface area contributed by atoms with E-state index in [1.807, 2.05) is 0 Å². The van der Waals surface area contributed by atoms with E-state index in [9.17, 15) is 19.5 Å². The van der Waals surface area contributed by atoms with Crippen LogP contribution in [-0.4, -0.2) is 52.5 Å². The highest BCUT2D eigenvalue weighted by Gasteiger charge is 2.19. The molecule has 0 aromatic carbocycles. The number of carbonyl (C=O) groups is 3. The zero-order valence-electron chi connectivity index (χ0n) is 14.2. The first-order chi connectivity index (χ1) is 11.6. The second kappa shape index (κ2) is 8.97. The largest absolute Gasteiger partial charge is 0.476 e. The van der Waals surface area contributed by atoms with Gasteiger partial charge in [-0.2, -0.15) is 0 Å². The molecule has 1 atom stereocenters. The molecule has 138 valence electrons. The number of carboxylic acids is 1. The van der Waals surface area contributed by atoms with Crippen LogP contribution >= 0.6 is 11.3 Å². The van der Waals surface area contributed by atoms with E-state index in [1.165, 1.54) is 5.38 Å². The normalized spacial score (nSPS) is 12.9. The predicted octanol–water partition coefficient (Wildman–Crippen LogP) is 1.43. The summed E-state index contributed by atoms with van der Waals surface area (Å²) in [5, 5.41) is 19.2. The number of thiazole rings is 1. The summed E-state index contributed by atoms with van der Waals surface area (Å²) in [5.74, 6) is -1.34. The van der Waals surface area contributed by atoms with Crippen molar-refractivity contribution >= 4 is 40.7 Å². The summed E-state index contributed by atoms with van der Waals surface area (Å²) in [6.07, 6.45) is -0.788. The van der Waals surface area contributed by atoms with E-state index in [0.29, 0.717) is 6.41 Å². The summed E-state index contributed by atoms with van der Waals surface area (Å²) in [4.78, 5) is 42.2. The third-order valence-corrected chi connectivity index (χ3v) is 3.16. The third-order valence-electron chi connectivity index (χ3n) is 2.39. The smallest absolute Gasteiger partial charge is 0.407 e. The van der Waals surface area contributed by atoms with Crippen molar-refractivity contribution in [3.63, 3.8) is 0 Å². The Bertz CT molecular complexity index is 652. The molecule has 0 spiro atoms. The molecule has 3 N–H and O–H groups in total. The lowest BCUT2D eigenvalue weighted by atomic mass is 10.2. The number of aromatic nitrogens is 1. The molecule has 0 saturated carbocycles. The molecule has 0 fully saturated rings. The number of hydrogen-bond acceptors (Lipinski definition) is 8. The van der Waals surface area contributed by atoms with Gasteiger partial charge in [-0.15, -0.1) is 11.3 Å². The van der Waals surface area contributed by atoms with Gasteiger partial charge in [0.25, 0.3) is 0 Å². The van der Waals surface area contributed by atoms with Crippen LogP contribution in [0, 0.1) is 0 Å². The quantitative estimate of drug-likeness (QED) is 0.356. The summed E-state index contributed by atoms with van der Waals surface area (Å²) in [6.45, 7) is 6.87. The van der Waals surface area contributed by atoms with E-state index in [4.69, 9.17) is 9.57 Å². The van der Waals surface area contributed by atoms with Gasteiger partial charge in [-0.1, -0.05) is 5.16 Å². The van der Waals surface area contributed by atoms with Gasteiger partial charge in [-0.25, -0.2) is 14.6 Å². The van der Waals surface area contributed by atoms with Crippen molar-refractivity contribution < 1.29 is 29.1 Å². The molecular formula is C14H20N4O6S. The van der Waals surface area contributed by atoms with Crippen molar-refractivity contribution in [2.45, 2.75) is 39.4 Å². The van der Waals surface area contributed by atoms with Crippen LogP contribution in [0.5, 0.6) is 0 Å². The highest BCUT2D eigenvalue weighted by Crippen LogP contribution is 2.15. The van der Waals surface area contributed by atoms with Crippen LogP contribution in [0.25, 0.3) is 0 Å². The standard InChI is InChI=1S/C14H20N4O6S/c1-8(5-15-13(22)23-14(2,3)4)24-18-10(11(20)21)9-6-25-12(17-9)16-7-19/h6-8H,5H2,1-4H3,(H,15,22)(H,20,21)(H,16,17,19). The second-order valence-corrected chi connectivity index (χ2v) is 6.70. The molecule has 2 amide bonds. The van der Waals surface area contributed by atoms with E-state index in [1.54, 1.807) is 27.7 Å². The van der Waals surface area contributed by atoms with Crippen molar-refractivity contribution in [2.75, 3.05) is 11.9 Å². The maximum atomic E-state index is 11.5. The van der Waals surface area contributed by atoms with E-state index in [0.717, 1.165) is 11.3 Å². The van der Waals surface area contributed by atoms with Crippen LogP contribution in [0.4, 0.5) is 9.93 Å². The number of oxime groups is 1. The fourth-order valence-electron chi connectivity index (χ4n) is 1.42. The van der Waals surface area contributed by atoms with Crippen LogP contribution in [0.15, 0.2) is 10.5 Å². The van der Waals surface area contributed by atoms with E-state index in [2.05, 4.69) is 20.8 Å². The average molecular weight is 372 g/mol. The Hall–Kier alpha value is -2.69. The van der Waals surface area contributed by atoms with Crippen molar-refractivity contribution in [3.05, 3.63) is 11.1 Å². The number of ether oxygens (including phenoxy) is 1. The van der Waals surface area contributed by atoms with Gasteiger partial charge in [0.2, 0.25) is 12.1 Å². The van der Waals surface area contributed by atoms with Gasteiger partial charge in [0.05, 0.1) is 6.54 Å². The molecule has 11 heteroatoms. The number of nitrogens with one attached hydrogen (secondary N) is 2. The third kappa shape index (κ3) is 7.61. The monoisotopic (exact) mass is 372 g/mol. The van der Waals surface area contributed by atoms with Crippen LogP contribution in [0.1, 0.15) is 33.4 Å². The fourth-order valence-corrected chi connectivity index (χ4v) is 2.07. The number of nitrogens with zero attached hydrogens (tertiary/aromatic N) is 2. The first kappa shape index (κ1) is 20.4. The molecule has 1 aromatic heterocycles. The highest BCUT2D eigenvalue weighted by atomic mass is 32.1. The molecule has 0 radical (unpaired) electrons. The zero-order chi connectivity index (χ0) is 19.0. The number of hydrogen-bond donors (Lipinski definition) is 3. The topological polar surface area (TPSA) is 139 Å². The molecule has 1 unspecified atom stereocenters. The summed E-state index contributed by atoms with van der Waals surface area (Å²) < 4.78 is 5.07. The van der Waals surface area contributed by atoms with E-state index in [-0.39, 0.29) is 17.4 Å². The molecule has 1 rings (SSSR count). The number of carboxylic acid groups (broad SMARTS) is 1. The summed E-state index contributed by atoms with van der Waals surface area (Å²) in [7, 11) is 0. The molecule has 0 aliphatic heterocycles. The molecule has 0 bridgehead atoms.